The van der Waals surface area contributed by atoms with Gasteiger partial charge in [-0.15, -0.1) is 11.6 Å². The molecule has 0 aromatic carbocycles. The molecule has 1 nitrogen and oxygen atoms in total. The normalized spacial score (nSPS) is 21.6. The van der Waals surface area contributed by atoms with Crippen LogP contribution >= 0.6 is 11.6 Å². The van der Waals surface area contributed by atoms with Gasteiger partial charge in [-0.3, -0.25) is 0 Å². The molecule has 0 aromatic rings. The molecule has 0 unspecified atom stereocenters. The summed E-state index contributed by atoms with van der Waals surface area (Å²) >= 11 is 6.12. The van der Waals surface area contributed by atoms with E-state index in [-0.39, 0.29) is 5.54 Å². The van der Waals surface area contributed by atoms with Crippen molar-refractivity contribution in [2.24, 2.45) is 5.41 Å². The van der Waals surface area contributed by atoms with Crippen molar-refractivity contribution in [1.29, 1.82) is 0 Å². The molecule has 0 bridgehead atoms. The van der Waals surface area contributed by atoms with Crippen LogP contribution in [0.4, 0.5) is 0 Å². The van der Waals surface area contributed by atoms with Crippen LogP contribution in [0.15, 0.2) is 0 Å². The zero-order valence-corrected chi connectivity index (χ0v) is 11.3. The van der Waals surface area contributed by atoms with E-state index in [0.29, 0.717) is 5.41 Å². The number of rotatable bonds is 4. The van der Waals surface area contributed by atoms with Gasteiger partial charge in [-0.1, -0.05) is 40.0 Å². The van der Waals surface area contributed by atoms with Gasteiger partial charge in [0.25, 0.3) is 0 Å². The summed E-state index contributed by atoms with van der Waals surface area (Å²) in [6.07, 6.45) is 7.83. The molecule has 0 aromatic heterocycles. The zero-order valence-electron chi connectivity index (χ0n) is 10.5. The Morgan fingerprint density at radius 2 is 1.73 bits per heavy atom. The predicted molar refractivity (Wildman–Crippen MR) is 68.6 cm³/mol. The van der Waals surface area contributed by atoms with Crippen LogP contribution in [0.5, 0.6) is 0 Å². The van der Waals surface area contributed by atoms with E-state index in [4.69, 9.17) is 11.6 Å². The van der Waals surface area contributed by atoms with Crippen molar-refractivity contribution in [2.75, 3.05) is 12.4 Å². The quantitative estimate of drug-likeness (QED) is 0.723. The SMILES string of the molecule is CC(C)(C)CCNC1(CCl)CCCCC1. The van der Waals surface area contributed by atoms with Crippen LogP contribution < -0.4 is 5.32 Å². The van der Waals surface area contributed by atoms with Crippen LogP contribution in [-0.2, 0) is 0 Å². The fraction of sp³-hybridized carbons (Fsp3) is 1.00. The van der Waals surface area contributed by atoms with Gasteiger partial charge in [0.15, 0.2) is 0 Å². The number of nitrogens with one attached hydrogen (secondary N) is 1. The number of hydrogen-bond acceptors (Lipinski definition) is 1. The summed E-state index contributed by atoms with van der Waals surface area (Å²) in [5.74, 6) is 0.775. The lowest BCUT2D eigenvalue weighted by Gasteiger charge is -2.37. The Hall–Kier alpha value is 0.250. The monoisotopic (exact) mass is 231 g/mol. The molecule has 1 fully saturated rings. The van der Waals surface area contributed by atoms with Gasteiger partial charge in [0.1, 0.15) is 0 Å². The summed E-state index contributed by atoms with van der Waals surface area (Å²) in [5, 5.41) is 3.71. The first kappa shape index (κ1) is 13.3. The average molecular weight is 232 g/mol. The second kappa shape index (κ2) is 5.54. The largest absolute Gasteiger partial charge is 0.310 e. The molecule has 0 aliphatic heterocycles. The van der Waals surface area contributed by atoms with E-state index in [1.165, 1.54) is 38.5 Å². The van der Waals surface area contributed by atoms with E-state index >= 15 is 0 Å². The van der Waals surface area contributed by atoms with Crippen molar-refractivity contribution >= 4 is 11.6 Å². The number of hydrogen-bond donors (Lipinski definition) is 1. The molecule has 1 rings (SSSR count). The molecule has 0 spiro atoms. The van der Waals surface area contributed by atoms with Crippen LogP contribution in [0.3, 0.4) is 0 Å². The highest BCUT2D eigenvalue weighted by molar-refractivity contribution is 6.18. The van der Waals surface area contributed by atoms with Crippen molar-refractivity contribution in [3.05, 3.63) is 0 Å². The van der Waals surface area contributed by atoms with Gasteiger partial charge in [-0.25, -0.2) is 0 Å². The van der Waals surface area contributed by atoms with Crippen molar-refractivity contribution in [3.63, 3.8) is 0 Å². The summed E-state index contributed by atoms with van der Waals surface area (Å²) in [6, 6.07) is 0. The maximum absolute atomic E-state index is 6.12. The van der Waals surface area contributed by atoms with Gasteiger partial charge in [0.05, 0.1) is 0 Å². The third-order valence-electron chi connectivity index (χ3n) is 3.44. The Morgan fingerprint density at radius 1 is 1.13 bits per heavy atom. The fourth-order valence-corrected chi connectivity index (χ4v) is 2.65. The summed E-state index contributed by atoms with van der Waals surface area (Å²) in [5.41, 5.74) is 0.681. The minimum absolute atomic E-state index is 0.255. The maximum atomic E-state index is 6.12. The van der Waals surface area contributed by atoms with Gasteiger partial charge < -0.3 is 5.32 Å². The predicted octanol–water partition coefficient (Wildman–Crippen LogP) is 3.95. The van der Waals surface area contributed by atoms with Crippen molar-refractivity contribution in [3.8, 4) is 0 Å². The number of halogens is 1. The van der Waals surface area contributed by atoms with Crippen molar-refractivity contribution in [2.45, 2.75) is 64.8 Å². The second-order valence-corrected chi connectivity index (χ2v) is 6.48. The topological polar surface area (TPSA) is 12.0 Å². The average Bonchev–Trinajstić information content (AvgIpc) is 2.17. The minimum Gasteiger partial charge on any atom is -0.310 e. The van der Waals surface area contributed by atoms with Crippen molar-refractivity contribution < 1.29 is 0 Å². The lowest BCUT2D eigenvalue weighted by Crippen LogP contribution is -2.49. The van der Waals surface area contributed by atoms with Crippen LogP contribution in [0, 0.1) is 5.41 Å². The van der Waals surface area contributed by atoms with Crippen LogP contribution in [0.2, 0.25) is 0 Å². The number of alkyl halides is 1. The Balaban J connectivity index is 2.33. The molecule has 1 N–H and O–H groups in total. The summed E-state index contributed by atoms with van der Waals surface area (Å²) < 4.78 is 0. The summed E-state index contributed by atoms with van der Waals surface area (Å²) in [4.78, 5) is 0. The first-order chi connectivity index (χ1) is 6.97. The standard InChI is InChI=1S/C13H26ClN/c1-12(2,3)9-10-15-13(11-14)7-5-4-6-8-13/h15H,4-11H2,1-3H3. The first-order valence-corrected chi connectivity index (χ1v) is 6.82. The van der Waals surface area contributed by atoms with E-state index in [9.17, 15) is 0 Å². The van der Waals surface area contributed by atoms with Gasteiger partial charge >= 0.3 is 0 Å². The summed E-state index contributed by atoms with van der Waals surface area (Å²) in [7, 11) is 0. The highest BCUT2D eigenvalue weighted by Crippen LogP contribution is 2.29. The van der Waals surface area contributed by atoms with Crippen molar-refractivity contribution in [1.82, 2.24) is 5.32 Å². The third kappa shape index (κ3) is 4.74. The second-order valence-electron chi connectivity index (χ2n) is 6.21. The van der Waals surface area contributed by atoms with Crippen LogP contribution in [0.1, 0.15) is 59.3 Å². The van der Waals surface area contributed by atoms with Gasteiger partial charge in [-0.05, 0) is 31.2 Å². The zero-order chi connectivity index (χ0) is 11.4. The van der Waals surface area contributed by atoms with Crippen LogP contribution in [-0.4, -0.2) is 18.0 Å². The Labute approximate surface area is 100.0 Å². The highest BCUT2D eigenvalue weighted by atomic mass is 35.5. The molecular weight excluding hydrogens is 206 g/mol. The first-order valence-electron chi connectivity index (χ1n) is 6.29. The lowest BCUT2D eigenvalue weighted by molar-refractivity contribution is 0.242. The molecular formula is C13H26ClN. The molecule has 0 radical (unpaired) electrons. The molecule has 15 heavy (non-hydrogen) atoms. The molecule has 0 amide bonds. The van der Waals surface area contributed by atoms with E-state index in [1.807, 2.05) is 0 Å². The van der Waals surface area contributed by atoms with E-state index in [2.05, 4.69) is 26.1 Å². The maximum Gasteiger partial charge on any atom is 0.0406 e. The van der Waals surface area contributed by atoms with E-state index in [1.54, 1.807) is 0 Å². The minimum atomic E-state index is 0.255. The fourth-order valence-electron chi connectivity index (χ4n) is 2.29. The highest BCUT2D eigenvalue weighted by Gasteiger charge is 2.30. The molecule has 0 saturated heterocycles. The Kier molecular flexibility index (Phi) is 4.92. The molecule has 1 aliphatic rings. The van der Waals surface area contributed by atoms with E-state index in [0.717, 1.165) is 12.4 Å². The molecule has 2 heteroatoms. The van der Waals surface area contributed by atoms with Gasteiger partial charge in [0, 0.05) is 11.4 Å². The van der Waals surface area contributed by atoms with E-state index < -0.39 is 0 Å². The Bertz CT molecular complexity index is 177. The Morgan fingerprint density at radius 3 is 2.20 bits per heavy atom. The van der Waals surface area contributed by atoms with Gasteiger partial charge in [-0.2, -0.15) is 0 Å². The molecule has 90 valence electrons. The van der Waals surface area contributed by atoms with Crippen LogP contribution in [0.25, 0.3) is 0 Å². The third-order valence-corrected chi connectivity index (χ3v) is 3.95. The molecule has 0 heterocycles. The molecule has 1 saturated carbocycles. The lowest BCUT2D eigenvalue weighted by atomic mass is 9.82. The van der Waals surface area contributed by atoms with Gasteiger partial charge in [0.2, 0.25) is 0 Å². The summed E-state index contributed by atoms with van der Waals surface area (Å²) in [6.45, 7) is 7.99. The molecule has 0 atom stereocenters. The molecule has 1 aliphatic carbocycles. The smallest absolute Gasteiger partial charge is 0.0406 e.